The SMILES string of the molecule is CCCCOCC(CN1CC1C)OC(=O)CCCCCCCNC(=O)N(CCCCCCCC(=O)OC(COCCCC)CN1CC1C)C(=O)OCCCC. The fraction of sp³-hybridized carbons (Fsp3) is 0.905. The third-order valence-electron chi connectivity index (χ3n) is 10.1. The minimum atomic E-state index is -0.607. The van der Waals surface area contributed by atoms with Crippen LogP contribution < -0.4 is 5.32 Å². The summed E-state index contributed by atoms with van der Waals surface area (Å²) in [5, 5.41) is 2.89. The Hall–Kier alpha value is -2.48. The molecular weight excluding hydrogens is 704 g/mol. The Morgan fingerprint density at radius 1 is 0.618 bits per heavy atom. The molecular formula is C42H78N4O9. The lowest BCUT2D eigenvalue weighted by atomic mass is 10.1. The molecule has 2 saturated heterocycles. The molecule has 2 heterocycles. The minimum absolute atomic E-state index is 0.165. The van der Waals surface area contributed by atoms with Crippen molar-refractivity contribution >= 4 is 24.1 Å². The Morgan fingerprint density at radius 3 is 1.53 bits per heavy atom. The maximum atomic E-state index is 13.0. The van der Waals surface area contributed by atoms with E-state index in [0.717, 1.165) is 122 Å². The molecule has 0 aliphatic carbocycles. The number of hydrogen-bond acceptors (Lipinski definition) is 11. The molecule has 55 heavy (non-hydrogen) atoms. The van der Waals surface area contributed by atoms with Crippen molar-refractivity contribution in [1.82, 2.24) is 20.0 Å². The van der Waals surface area contributed by atoms with Crippen LogP contribution in [0.15, 0.2) is 0 Å². The number of carbonyl (C=O) groups is 4. The lowest BCUT2D eigenvalue weighted by molar-refractivity contribution is -0.153. The van der Waals surface area contributed by atoms with Gasteiger partial charge >= 0.3 is 24.1 Å². The largest absolute Gasteiger partial charge is 0.459 e. The van der Waals surface area contributed by atoms with Crippen molar-refractivity contribution in [2.24, 2.45) is 0 Å². The number of urea groups is 1. The smallest absolute Gasteiger partial charge is 0.417 e. The molecule has 0 aromatic carbocycles. The van der Waals surface area contributed by atoms with E-state index >= 15 is 0 Å². The first-order valence-electron chi connectivity index (χ1n) is 21.9. The zero-order chi connectivity index (χ0) is 40.1. The number of esters is 2. The summed E-state index contributed by atoms with van der Waals surface area (Å²) in [4.78, 5) is 56.6. The highest BCUT2D eigenvalue weighted by atomic mass is 16.6. The molecule has 0 radical (unpaired) electrons. The van der Waals surface area contributed by atoms with Crippen molar-refractivity contribution in [3.05, 3.63) is 0 Å². The second-order valence-corrected chi connectivity index (χ2v) is 15.6. The molecule has 2 rings (SSSR count). The van der Waals surface area contributed by atoms with Gasteiger partial charge in [0, 0.05) is 77.4 Å². The number of rotatable bonds is 35. The molecule has 2 aliphatic heterocycles. The lowest BCUT2D eigenvalue weighted by Crippen LogP contribution is -2.45. The highest BCUT2D eigenvalue weighted by molar-refractivity contribution is 5.90. The summed E-state index contributed by atoms with van der Waals surface area (Å²) in [6.07, 6.45) is 13.8. The van der Waals surface area contributed by atoms with Crippen LogP contribution in [0.5, 0.6) is 0 Å². The number of ether oxygens (including phenoxy) is 5. The summed E-state index contributed by atoms with van der Waals surface area (Å²) in [6, 6.07) is 0.667. The van der Waals surface area contributed by atoms with E-state index in [1.807, 2.05) is 6.92 Å². The minimum Gasteiger partial charge on any atom is -0.459 e. The maximum absolute atomic E-state index is 13.0. The van der Waals surface area contributed by atoms with Crippen molar-refractivity contribution in [1.29, 1.82) is 0 Å². The monoisotopic (exact) mass is 783 g/mol. The first-order valence-corrected chi connectivity index (χ1v) is 21.9. The number of unbranched alkanes of at least 4 members (excludes halogenated alkanes) is 11. The van der Waals surface area contributed by atoms with Crippen molar-refractivity contribution < 1.29 is 42.9 Å². The summed E-state index contributed by atoms with van der Waals surface area (Å²) in [7, 11) is 0. The predicted octanol–water partition coefficient (Wildman–Crippen LogP) is 7.48. The fourth-order valence-corrected chi connectivity index (χ4v) is 6.22. The first-order chi connectivity index (χ1) is 26.7. The standard InChI is InChI=1S/C42H78N4O9/c1-6-9-26-51-33-37(31-44-29-35(44)4)54-39(47)22-18-14-12-16-20-24-43-41(49)46(42(50)53-28-11-8-3)25-21-17-13-15-19-23-40(48)55-38(32-45-30-36(45)5)34-52-27-10-7-2/h35-38H,6-34H2,1-5H3,(H,43,49). The molecule has 0 spiro atoms. The molecule has 6 atom stereocenters. The molecule has 1 N–H and O–H groups in total. The van der Waals surface area contributed by atoms with Gasteiger partial charge in [0.2, 0.25) is 0 Å². The molecule has 0 saturated carbocycles. The molecule has 320 valence electrons. The molecule has 0 bridgehead atoms. The summed E-state index contributed by atoms with van der Waals surface area (Å²) in [6.45, 7) is 17.5. The number of imide groups is 1. The van der Waals surface area contributed by atoms with E-state index in [4.69, 9.17) is 23.7 Å². The quantitative estimate of drug-likeness (QED) is 0.0297. The molecule has 3 amide bonds. The van der Waals surface area contributed by atoms with Crippen LogP contribution in [0.25, 0.3) is 0 Å². The molecule has 6 unspecified atom stereocenters. The first kappa shape index (κ1) is 48.7. The van der Waals surface area contributed by atoms with Crippen LogP contribution in [-0.4, -0.2) is 135 Å². The van der Waals surface area contributed by atoms with Gasteiger partial charge in [-0.05, 0) is 58.8 Å². The van der Waals surface area contributed by atoms with E-state index in [-0.39, 0.29) is 37.3 Å². The summed E-state index contributed by atoms with van der Waals surface area (Å²) in [5.41, 5.74) is 0. The number of nitrogens with zero attached hydrogens (tertiary/aromatic N) is 3. The lowest BCUT2D eigenvalue weighted by Gasteiger charge is -2.21. The van der Waals surface area contributed by atoms with E-state index in [1.54, 1.807) is 0 Å². The predicted molar refractivity (Wildman–Crippen MR) is 215 cm³/mol. The van der Waals surface area contributed by atoms with E-state index in [2.05, 4.69) is 42.8 Å². The highest BCUT2D eigenvalue weighted by Crippen LogP contribution is 2.19. The molecule has 2 aliphatic rings. The van der Waals surface area contributed by atoms with Crippen molar-refractivity contribution in [3.8, 4) is 0 Å². The normalized spacial score (nSPS) is 19.7. The van der Waals surface area contributed by atoms with E-state index in [9.17, 15) is 19.2 Å². The van der Waals surface area contributed by atoms with Crippen LogP contribution in [0.2, 0.25) is 0 Å². The van der Waals surface area contributed by atoms with Gasteiger partial charge in [-0.2, -0.15) is 0 Å². The Balaban J connectivity index is 1.59. The zero-order valence-electron chi connectivity index (χ0n) is 35.3. The third kappa shape index (κ3) is 24.7. The molecule has 2 fully saturated rings. The molecule has 0 aromatic heterocycles. The van der Waals surface area contributed by atoms with E-state index in [1.165, 1.54) is 4.90 Å². The Morgan fingerprint density at radius 2 is 1.05 bits per heavy atom. The van der Waals surface area contributed by atoms with Gasteiger partial charge in [0.1, 0.15) is 12.2 Å². The van der Waals surface area contributed by atoms with Crippen LogP contribution in [-0.2, 0) is 33.3 Å². The van der Waals surface area contributed by atoms with Crippen molar-refractivity contribution in [2.45, 2.75) is 174 Å². The molecule has 0 aromatic rings. The van der Waals surface area contributed by atoms with Gasteiger partial charge in [-0.25, -0.2) is 14.5 Å². The van der Waals surface area contributed by atoms with Gasteiger partial charge < -0.3 is 29.0 Å². The summed E-state index contributed by atoms with van der Waals surface area (Å²) < 4.78 is 28.4. The average molecular weight is 783 g/mol. The number of amides is 3. The van der Waals surface area contributed by atoms with Gasteiger partial charge in [-0.3, -0.25) is 19.4 Å². The summed E-state index contributed by atoms with van der Waals surface area (Å²) >= 11 is 0. The van der Waals surface area contributed by atoms with Crippen LogP contribution in [0.3, 0.4) is 0 Å². The topological polar surface area (TPSA) is 136 Å². The number of nitrogens with one attached hydrogen (secondary N) is 1. The second kappa shape index (κ2) is 30.6. The van der Waals surface area contributed by atoms with Gasteiger partial charge in [0.15, 0.2) is 0 Å². The van der Waals surface area contributed by atoms with Gasteiger partial charge in [-0.15, -0.1) is 0 Å². The van der Waals surface area contributed by atoms with Crippen LogP contribution in [0.1, 0.15) is 150 Å². The van der Waals surface area contributed by atoms with Crippen LogP contribution in [0.4, 0.5) is 9.59 Å². The Labute approximate surface area is 333 Å². The highest BCUT2D eigenvalue weighted by Gasteiger charge is 2.33. The molecule has 13 heteroatoms. The van der Waals surface area contributed by atoms with Gasteiger partial charge in [-0.1, -0.05) is 78.6 Å². The second-order valence-electron chi connectivity index (χ2n) is 15.6. The number of carbonyl (C=O) groups excluding carboxylic acids is 4. The zero-order valence-corrected chi connectivity index (χ0v) is 35.3. The Kier molecular flexibility index (Phi) is 27.1. The van der Waals surface area contributed by atoms with E-state index in [0.29, 0.717) is 64.3 Å². The van der Waals surface area contributed by atoms with E-state index < -0.39 is 12.1 Å². The van der Waals surface area contributed by atoms with Crippen molar-refractivity contribution in [3.63, 3.8) is 0 Å². The average Bonchev–Trinajstić information content (AvgIpc) is 4.06. The van der Waals surface area contributed by atoms with Gasteiger partial charge in [0.25, 0.3) is 0 Å². The molecule has 13 nitrogen and oxygen atoms in total. The Bertz CT molecular complexity index is 1050. The summed E-state index contributed by atoms with van der Waals surface area (Å²) in [5.74, 6) is -0.345. The van der Waals surface area contributed by atoms with Gasteiger partial charge in [0.05, 0.1) is 19.8 Å². The third-order valence-corrected chi connectivity index (χ3v) is 10.1. The van der Waals surface area contributed by atoms with Crippen LogP contribution >= 0.6 is 0 Å². The van der Waals surface area contributed by atoms with Crippen LogP contribution in [0, 0.1) is 0 Å². The van der Waals surface area contributed by atoms with Crippen molar-refractivity contribution in [2.75, 3.05) is 72.3 Å². The number of hydrogen-bond donors (Lipinski definition) is 1. The maximum Gasteiger partial charge on any atom is 0.417 e. The fourth-order valence-electron chi connectivity index (χ4n) is 6.22.